The van der Waals surface area contributed by atoms with Crippen LogP contribution in [-0.2, 0) is 5.41 Å². The summed E-state index contributed by atoms with van der Waals surface area (Å²) in [6, 6.07) is 84.5. The van der Waals surface area contributed by atoms with Gasteiger partial charge in [-0.1, -0.05) is 178 Å². The number of nitrogens with zero attached hydrogens (tertiary/aromatic N) is 2. The zero-order chi connectivity index (χ0) is 42.1. The Bertz CT molecular complexity index is 3400. The normalized spacial score (nSPS) is 12.7. The summed E-state index contributed by atoms with van der Waals surface area (Å²) in [5.74, 6) is 0. The van der Waals surface area contributed by atoms with Gasteiger partial charge < -0.3 is 9.47 Å². The van der Waals surface area contributed by atoms with Gasteiger partial charge >= 0.3 is 0 Å². The summed E-state index contributed by atoms with van der Waals surface area (Å²) in [6.07, 6.45) is 0. The van der Waals surface area contributed by atoms with Crippen molar-refractivity contribution < 1.29 is 0 Å². The summed E-state index contributed by atoms with van der Waals surface area (Å²) in [5, 5.41) is 5.00. The van der Waals surface area contributed by atoms with Crippen LogP contribution < -0.4 is 4.90 Å². The molecule has 1 aliphatic rings. The molecular formula is C61H44N2. The van der Waals surface area contributed by atoms with Gasteiger partial charge in [0, 0.05) is 38.6 Å². The average Bonchev–Trinajstić information content (AvgIpc) is 3.79. The standard InChI is InChI=1S/C61H44N2/c1-61(2)55-39-49(63-57-35-29-45(42-19-9-4-10-20-42)37-53(57)54-38-46(30-36-58(54)63)43-21-11-5-12-22-43)33-34-52(55)60-51-26-16-15-25-50(51)59(40-56(60)61)62(47-23-13-6-14-24-47)48-31-27-44(28-32-48)41-17-7-3-8-18-41/h3-40H,1-2H3. The number of hydrogen-bond donors (Lipinski definition) is 0. The van der Waals surface area contributed by atoms with E-state index in [0.29, 0.717) is 0 Å². The number of para-hydroxylation sites is 1. The molecule has 1 aromatic heterocycles. The Kier molecular flexibility index (Phi) is 8.55. The Hall–Kier alpha value is -7.94. The minimum absolute atomic E-state index is 0.279. The Balaban J connectivity index is 1.03. The van der Waals surface area contributed by atoms with Gasteiger partial charge in [-0.15, -0.1) is 0 Å². The molecule has 0 amide bonds. The molecule has 0 saturated heterocycles. The predicted octanol–water partition coefficient (Wildman–Crippen LogP) is 16.7. The van der Waals surface area contributed by atoms with Crippen LogP contribution in [0.25, 0.3) is 82.8 Å². The van der Waals surface area contributed by atoms with E-state index in [1.807, 2.05) is 0 Å². The fourth-order valence-electron chi connectivity index (χ4n) is 10.2. The van der Waals surface area contributed by atoms with Crippen molar-refractivity contribution in [3.8, 4) is 50.2 Å². The third kappa shape index (κ3) is 6.02. The topological polar surface area (TPSA) is 8.17 Å². The van der Waals surface area contributed by atoms with Gasteiger partial charge in [0.15, 0.2) is 0 Å². The van der Waals surface area contributed by atoms with Crippen molar-refractivity contribution in [2.45, 2.75) is 19.3 Å². The Morgan fingerprint density at radius 2 is 0.810 bits per heavy atom. The first-order valence-electron chi connectivity index (χ1n) is 21.9. The van der Waals surface area contributed by atoms with Crippen LogP contribution in [-0.4, -0.2) is 4.57 Å². The smallest absolute Gasteiger partial charge is 0.0543 e. The maximum atomic E-state index is 2.48. The van der Waals surface area contributed by atoms with Gasteiger partial charge in [0.1, 0.15) is 0 Å². The first kappa shape index (κ1) is 36.9. The van der Waals surface area contributed by atoms with Crippen molar-refractivity contribution in [2.24, 2.45) is 0 Å². The van der Waals surface area contributed by atoms with Gasteiger partial charge in [-0.3, -0.25) is 0 Å². The van der Waals surface area contributed by atoms with Crippen LogP contribution in [0.2, 0.25) is 0 Å². The number of aromatic nitrogens is 1. The Morgan fingerprint density at radius 1 is 0.349 bits per heavy atom. The number of benzene rings is 10. The Morgan fingerprint density at radius 3 is 1.38 bits per heavy atom. The van der Waals surface area contributed by atoms with E-state index in [2.05, 4.69) is 254 Å². The maximum absolute atomic E-state index is 2.48. The summed E-state index contributed by atoms with van der Waals surface area (Å²) >= 11 is 0. The minimum Gasteiger partial charge on any atom is -0.310 e. The number of rotatable bonds is 7. The van der Waals surface area contributed by atoms with E-state index < -0.39 is 0 Å². The second-order valence-electron chi connectivity index (χ2n) is 17.3. The molecule has 2 heteroatoms. The molecule has 1 heterocycles. The number of hydrogen-bond acceptors (Lipinski definition) is 1. The minimum atomic E-state index is -0.279. The largest absolute Gasteiger partial charge is 0.310 e. The molecule has 12 rings (SSSR count). The first-order chi connectivity index (χ1) is 31.0. The molecule has 0 radical (unpaired) electrons. The van der Waals surface area contributed by atoms with Gasteiger partial charge in [-0.05, 0) is 128 Å². The highest BCUT2D eigenvalue weighted by Gasteiger charge is 2.38. The van der Waals surface area contributed by atoms with Crippen LogP contribution in [0.4, 0.5) is 17.1 Å². The van der Waals surface area contributed by atoms with E-state index >= 15 is 0 Å². The maximum Gasteiger partial charge on any atom is 0.0543 e. The molecule has 298 valence electrons. The lowest BCUT2D eigenvalue weighted by Gasteiger charge is -2.30. The average molecular weight is 805 g/mol. The predicted molar refractivity (Wildman–Crippen MR) is 267 cm³/mol. The van der Waals surface area contributed by atoms with E-state index in [9.17, 15) is 0 Å². The molecule has 0 N–H and O–H groups in total. The third-order valence-electron chi connectivity index (χ3n) is 13.4. The molecule has 0 fully saturated rings. The van der Waals surface area contributed by atoms with E-state index in [1.165, 1.54) is 99.6 Å². The zero-order valence-electron chi connectivity index (χ0n) is 35.3. The highest BCUT2D eigenvalue weighted by atomic mass is 15.1. The molecule has 0 saturated carbocycles. The second-order valence-corrected chi connectivity index (χ2v) is 17.3. The van der Waals surface area contributed by atoms with Gasteiger partial charge in [0.25, 0.3) is 0 Å². The van der Waals surface area contributed by atoms with Crippen molar-refractivity contribution in [1.29, 1.82) is 0 Å². The molecule has 0 spiro atoms. The quantitative estimate of drug-likeness (QED) is 0.156. The summed E-state index contributed by atoms with van der Waals surface area (Å²) < 4.78 is 2.48. The molecule has 1 aliphatic carbocycles. The van der Waals surface area contributed by atoms with E-state index in [0.717, 1.165) is 11.4 Å². The molecule has 63 heavy (non-hydrogen) atoms. The zero-order valence-corrected chi connectivity index (χ0v) is 35.3. The van der Waals surface area contributed by atoms with Gasteiger partial charge in [0.05, 0.1) is 16.7 Å². The van der Waals surface area contributed by atoms with E-state index in [1.54, 1.807) is 0 Å². The van der Waals surface area contributed by atoms with Crippen molar-refractivity contribution >= 4 is 49.6 Å². The third-order valence-corrected chi connectivity index (χ3v) is 13.4. The highest BCUT2D eigenvalue weighted by molar-refractivity contribution is 6.13. The summed E-state index contributed by atoms with van der Waals surface area (Å²) in [6.45, 7) is 4.82. The number of anilines is 3. The SMILES string of the molecule is CC1(C)c2cc(-n3c4ccc(-c5ccccc5)cc4c4cc(-c5ccccc5)ccc43)ccc2-c2c1cc(N(c1ccccc1)c1ccc(-c3ccccc3)cc1)c1ccccc21. The highest BCUT2D eigenvalue weighted by Crippen LogP contribution is 2.55. The Labute approximate surface area is 368 Å². The van der Waals surface area contributed by atoms with Crippen molar-refractivity contribution in [3.63, 3.8) is 0 Å². The second kappa shape index (κ2) is 14.6. The lowest BCUT2D eigenvalue weighted by molar-refractivity contribution is 0.660. The summed E-state index contributed by atoms with van der Waals surface area (Å²) in [4.78, 5) is 2.44. The van der Waals surface area contributed by atoms with Crippen LogP contribution >= 0.6 is 0 Å². The molecule has 2 nitrogen and oxygen atoms in total. The van der Waals surface area contributed by atoms with Crippen molar-refractivity contribution in [3.05, 3.63) is 242 Å². The molecule has 0 bridgehead atoms. The molecule has 0 unspecified atom stereocenters. The van der Waals surface area contributed by atoms with Gasteiger partial charge in [-0.2, -0.15) is 0 Å². The van der Waals surface area contributed by atoms with Crippen LogP contribution in [0.1, 0.15) is 25.0 Å². The summed E-state index contributed by atoms with van der Waals surface area (Å²) in [7, 11) is 0. The summed E-state index contributed by atoms with van der Waals surface area (Å²) in [5.41, 5.74) is 19.3. The van der Waals surface area contributed by atoms with Crippen molar-refractivity contribution in [1.82, 2.24) is 4.57 Å². The fraction of sp³-hybridized carbons (Fsp3) is 0.0492. The molecule has 0 aliphatic heterocycles. The van der Waals surface area contributed by atoms with Crippen LogP contribution in [0.5, 0.6) is 0 Å². The molecule has 10 aromatic carbocycles. The van der Waals surface area contributed by atoms with Crippen molar-refractivity contribution in [2.75, 3.05) is 4.90 Å². The number of fused-ring (bicyclic) bond motifs is 8. The van der Waals surface area contributed by atoms with Crippen LogP contribution in [0.15, 0.2) is 231 Å². The molecular weight excluding hydrogens is 761 g/mol. The van der Waals surface area contributed by atoms with Crippen LogP contribution in [0, 0.1) is 0 Å². The van der Waals surface area contributed by atoms with Gasteiger partial charge in [0.2, 0.25) is 0 Å². The lowest BCUT2D eigenvalue weighted by atomic mass is 9.81. The van der Waals surface area contributed by atoms with Crippen LogP contribution in [0.3, 0.4) is 0 Å². The van der Waals surface area contributed by atoms with E-state index in [4.69, 9.17) is 0 Å². The lowest BCUT2D eigenvalue weighted by Crippen LogP contribution is -2.17. The monoisotopic (exact) mass is 804 g/mol. The molecule has 11 aromatic rings. The van der Waals surface area contributed by atoms with E-state index in [-0.39, 0.29) is 5.41 Å². The van der Waals surface area contributed by atoms with Gasteiger partial charge in [-0.25, -0.2) is 0 Å². The molecule has 0 atom stereocenters. The fourth-order valence-corrected chi connectivity index (χ4v) is 10.2. The first-order valence-corrected chi connectivity index (χ1v) is 21.9.